The summed E-state index contributed by atoms with van der Waals surface area (Å²) in [5.74, 6) is -0.602. The van der Waals surface area contributed by atoms with E-state index >= 15 is 0 Å². The number of aliphatic hydroxyl groups excluding tert-OH is 4. The molecular formula is C61H115NO5. The number of aliphatic hydroxyl groups is 4. The number of allylic oxidation sites excluding steroid dienone is 8. The van der Waals surface area contributed by atoms with Gasteiger partial charge < -0.3 is 25.7 Å². The maximum absolute atomic E-state index is 12.6. The molecule has 0 rings (SSSR count). The fraction of sp³-hybridized carbons (Fsp3) is 0.852. The zero-order valence-electron chi connectivity index (χ0n) is 44.7. The Morgan fingerprint density at radius 2 is 0.627 bits per heavy atom. The minimum atomic E-state index is -1.30. The predicted octanol–water partition coefficient (Wildman–Crippen LogP) is 17.4. The monoisotopic (exact) mass is 942 g/mol. The van der Waals surface area contributed by atoms with E-state index in [0.29, 0.717) is 19.3 Å². The first-order valence-electron chi connectivity index (χ1n) is 29.5. The molecule has 0 aliphatic heterocycles. The molecule has 5 N–H and O–H groups in total. The van der Waals surface area contributed by atoms with Crippen molar-refractivity contribution in [1.82, 2.24) is 5.32 Å². The van der Waals surface area contributed by atoms with Crippen molar-refractivity contribution in [2.24, 2.45) is 0 Å². The first-order valence-corrected chi connectivity index (χ1v) is 29.5. The standard InChI is InChI=1S/C61H115NO5/c1-3-5-7-9-11-13-15-17-19-21-23-25-26-27-28-29-30-31-32-33-35-36-38-40-42-44-46-48-50-52-54-58(64)60(66)57(56-63)62-61(67)59(65)55-53-51-49-47-45-43-41-39-37-34-24-22-20-18-16-14-12-10-8-6-4-2/h32-33,37-40,46,48,57-60,63-66H,3-31,34-36,41-45,47,49-56H2,1-2H3,(H,62,67)/b33-32+,39-37-,40-38+,48-46+. The molecule has 0 saturated heterocycles. The van der Waals surface area contributed by atoms with Crippen molar-refractivity contribution in [2.45, 2.75) is 327 Å². The van der Waals surface area contributed by atoms with Crippen LogP contribution in [0.15, 0.2) is 48.6 Å². The molecule has 394 valence electrons. The lowest BCUT2D eigenvalue weighted by molar-refractivity contribution is -0.132. The second kappa shape index (κ2) is 55.2. The first-order chi connectivity index (χ1) is 33.0. The van der Waals surface area contributed by atoms with Crippen molar-refractivity contribution in [3.8, 4) is 0 Å². The second-order valence-electron chi connectivity index (χ2n) is 20.3. The van der Waals surface area contributed by atoms with Crippen molar-refractivity contribution >= 4 is 5.91 Å². The Kier molecular flexibility index (Phi) is 53.8. The van der Waals surface area contributed by atoms with Crippen LogP contribution in [0.25, 0.3) is 0 Å². The molecular weight excluding hydrogens is 827 g/mol. The maximum atomic E-state index is 12.6. The molecule has 0 aliphatic rings. The van der Waals surface area contributed by atoms with Crippen molar-refractivity contribution in [2.75, 3.05) is 6.61 Å². The molecule has 0 aromatic rings. The third-order valence-electron chi connectivity index (χ3n) is 13.7. The lowest BCUT2D eigenvalue weighted by Gasteiger charge is -2.27. The second-order valence-corrected chi connectivity index (χ2v) is 20.3. The molecule has 0 fully saturated rings. The van der Waals surface area contributed by atoms with E-state index in [-0.39, 0.29) is 0 Å². The van der Waals surface area contributed by atoms with Crippen molar-refractivity contribution in [3.63, 3.8) is 0 Å². The number of unbranched alkanes of at least 4 members (excludes halogenated alkanes) is 37. The van der Waals surface area contributed by atoms with Crippen molar-refractivity contribution in [3.05, 3.63) is 48.6 Å². The zero-order valence-corrected chi connectivity index (χ0v) is 44.7. The summed E-state index contributed by atoms with van der Waals surface area (Å²) in [6.45, 7) is 4.07. The Labute approximate surface area is 417 Å². The smallest absolute Gasteiger partial charge is 0.249 e. The van der Waals surface area contributed by atoms with E-state index in [1.807, 2.05) is 0 Å². The van der Waals surface area contributed by atoms with Gasteiger partial charge in [0.15, 0.2) is 0 Å². The van der Waals surface area contributed by atoms with Crippen LogP contribution in [0.4, 0.5) is 0 Å². The molecule has 0 aliphatic carbocycles. The minimum absolute atomic E-state index is 0.351. The molecule has 1 amide bonds. The van der Waals surface area contributed by atoms with Gasteiger partial charge in [0, 0.05) is 0 Å². The van der Waals surface area contributed by atoms with Gasteiger partial charge in [-0.25, -0.2) is 0 Å². The summed E-state index contributed by atoms with van der Waals surface area (Å²) in [5.41, 5.74) is 0. The summed E-state index contributed by atoms with van der Waals surface area (Å²) in [4.78, 5) is 12.6. The molecule has 4 atom stereocenters. The van der Waals surface area contributed by atoms with E-state index < -0.39 is 36.9 Å². The third-order valence-corrected chi connectivity index (χ3v) is 13.7. The van der Waals surface area contributed by atoms with Crippen molar-refractivity contribution < 1.29 is 25.2 Å². The number of carbonyl (C=O) groups is 1. The Bertz CT molecular complexity index is 1100. The van der Waals surface area contributed by atoms with E-state index in [9.17, 15) is 25.2 Å². The van der Waals surface area contributed by atoms with Gasteiger partial charge in [-0.2, -0.15) is 0 Å². The SMILES string of the molecule is CCCCCCCCCCCCC/C=C\CCCCCCCCC(O)C(=O)NC(CO)C(O)C(O)CCC/C=C/CC/C=C/CC/C=C/CCCCCCCCCCCCCCCCCCC. The summed E-state index contributed by atoms with van der Waals surface area (Å²) >= 11 is 0. The maximum Gasteiger partial charge on any atom is 0.249 e. The predicted molar refractivity (Wildman–Crippen MR) is 293 cm³/mol. The zero-order chi connectivity index (χ0) is 48.8. The highest BCUT2D eigenvalue weighted by molar-refractivity contribution is 5.80. The van der Waals surface area contributed by atoms with Gasteiger partial charge in [0.2, 0.25) is 5.91 Å². The first kappa shape index (κ1) is 65.3. The summed E-state index contributed by atoms with van der Waals surface area (Å²) < 4.78 is 0. The van der Waals surface area contributed by atoms with E-state index in [1.165, 1.54) is 205 Å². The number of hydrogen-bond donors (Lipinski definition) is 5. The fourth-order valence-electron chi connectivity index (χ4n) is 9.08. The van der Waals surface area contributed by atoms with E-state index in [4.69, 9.17) is 0 Å². The van der Waals surface area contributed by atoms with Gasteiger partial charge in [0.1, 0.15) is 12.2 Å². The van der Waals surface area contributed by atoms with Gasteiger partial charge in [-0.1, -0.05) is 262 Å². The minimum Gasteiger partial charge on any atom is -0.394 e. The Morgan fingerprint density at radius 3 is 0.940 bits per heavy atom. The van der Waals surface area contributed by atoms with Gasteiger partial charge in [0.05, 0.1) is 18.8 Å². The molecule has 6 heteroatoms. The Morgan fingerprint density at radius 1 is 0.358 bits per heavy atom. The van der Waals surface area contributed by atoms with Gasteiger partial charge in [-0.3, -0.25) is 4.79 Å². The number of carbonyl (C=O) groups excluding carboxylic acids is 1. The lowest BCUT2D eigenvalue weighted by Crippen LogP contribution is -2.53. The summed E-state index contributed by atoms with van der Waals surface area (Å²) in [6, 6.07) is -1.02. The molecule has 67 heavy (non-hydrogen) atoms. The van der Waals surface area contributed by atoms with Crippen LogP contribution in [-0.2, 0) is 4.79 Å². The fourth-order valence-corrected chi connectivity index (χ4v) is 9.08. The van der Waals surface area contributed by atoms with Gasteiger partial charge in [-0.05, 0) is 89.9 Å². The molecule has 4 unspecified atom stereocenters. The number of hydrogen-bond acceptors (Lipinski definition) is 5. The largest absolute Gasteiger partial charge is 0.394 e. The Hall–Kier alpha value is -1.73. The summed E-state index contributed by atoms with van der Waals surface area (Å²) in [5, 5.41) is 44.0. The highest BCUT2D eigenvalue weighted by Crippen LogP contribution is 2.17. The topological polar surface area (TPSA) is 110 Å². The molecule has 0 radical (unpaired) electrons. The number of rotatable bonds is 54. The summed E-state index contributed by atoms with van der Waals surface area (Å²) in [7, 11) is 0. The third kappa shape index (κ3) is 49.1. The van der Waals surface area contributed by atoms with Crippen LogP contribution in [0.5, 0.6) is 0 Å². The van der Waals surface area contributed by atoms with Crippen molar-refractivity contribution in [1.29, 1.82) is 0 Å². The summed E-state index contributed by atoms with van der Waals surface area (Å²) in [6.07, 6.45) is 70.5. The van der Waals surface area contributed by atoms with Gasteiger partial charge in [-0.15, -0.1) is 0 Å². The molecule has 0 spiro atoms. The molecule has 0 heterocycles. The molecule has 6 nitrogen and oxygen atoms in total. The molecule has 0 saturated carbocycles. The van der Waals surface area contributed by atoms with Crippen LogP contribution < -0.4 is 5.32 Å². The average molecular weight is 943 g/mol. The van der Waals surface area contributed by atoms with Crippen LogP contribution in [0.2, 0.25) is 0 Å². The van der Waals surface area contributed by atoms with E-state index in [2.05, 4.69) is 67.8 Å². The number of nitrogens with one attached hydrogen (secondary N) is 1. The van der Waals surface area contributed by atoms with Crippen LogP contribution in [0, 0.1) is 0 Å². The number of amides is 1. The van der Waals surface area contributed by atoms with Gasteiger partial charge in [0.25, 0.3) is 0 Å². The quantitative estimate of drug-likeness (QED) is 0.0308. The van der Waals surface area contributed by atoms with Crippen LogP contribution in [0.1, 0.15) is 303 Å². The van der Waals surface area contributed by atoms with E-state index in [0.717, 1.165) is 64.2 Å². The molecule has 0 bridgehead atoms. The van der Waals surface area contributed by atoms with Gasteiger partial charge >= 0.3 is 0 Å². The molecule has 0 aromatic heterocycles. The molecule has 0 aromatic carbocycles. The highest BCUT2D eigenvalue weighted by Gasteiger charge is 2.28. The van der Waals surface area contributed by atoms with E-state index in [1.54, 1.807) is 0 Å². The average Bonchev–Trinajstić information content (AvgIpc) is 3.33. The van der Waals surface area contributed by atoms with Crippen LogP contribution in [0.3, 0.4) is 0 Å². The Balaban J connectivity index is 3.70. The lowest BCUT2D eigenvalue weighted by atomic mass is 10.00. The highest BCUT2D eigenvalue weighted by atomic mass is 16.3. The van der Waals surface area contributed by atoms with Crippen LogP contribution >= 0.6 is 0 Å². The normalized spacial score (nSPS) is 14.1. The van der Waals surface area contributed by atoms with Crippen LogP contribution in [-0.4, -0.2) is 57.3 Å².